The number of ether oxygens (including phenoxy) is 1. The topological polar surface area (TPSA) is 31.2 Å². The zero-order valence-corrected chi connectivity index (χ0v) is 9.73. The van der Waals surface area contributed by atoms with E-state index in [4.69, 9.17) is 4.74 Å². The van der Waals surface area contributed by atoms with Crippen molar-refractivity contribution in [2.75, 3.05) is 7.11 Å². The number of esters is 1. The first-order valence-electron chi connectivity index (χ1n) is 5.27. The molecule has 84 valence electrons. The lowest BCUT2D eigenvalue weighted by Gasteiger charge is -2.10. The van der Waals surface area contributed by atoms with E-state index < -0.39 is 0 Å². The third-order valence-electron chi connectivity index (χ3n) is 2.99. The minimum atomic E-state index is -0.234. The van der Waals surface area contributed by atoms with Crippen molar-refractivity contribution in [1.82, 2.24) is 4.57 Å². The van der Waals surface area contributed by atoms with Gasteiger partial charge in [-0.2, -0.15) is 0 Å². The van der Waals surface area contributed by atoms with Crippen LogP contribution >= 0.6 is 0 Å². The Kier molecular flexibility index (Phi) is 2.69. The average molecular weight is 217 g/mol. The molecule has 1 unspecified atom stereocenters. The minimum Gasteiger partial charge on any atom is -0.469 e. The fourth-order valence-electron chi connectivity index (χ4n) is 2.02. The second-order valence-electron chi connectivity index (χ2n) is 3.93. The van der Waals surface area contributed by atoms with Gasteiger partial charge in [-0.05, 0) is 24.4 Å². The van der Waals surface area contributed by atoms with E-state index in [1.807, 2.05) is 48.9 Å². The number of hydrogen-bond donors (Lipinski definition) is 0. The predicted molar refractivity (Wildman–Crippen MR) is 63.4 cm³/mol. The number of benzene rings is 1. The number of aryl methyl sites for hydroxylation is 1. The second-order valence-corrected chi connectivity index (χ2v) is 3.93. The third kappa shape index (κ3) is 1.58. The van der Waals surface area contributed by atoms with Crippen LogP contribution < -0.4 is 0 Å². The molecule has 1 heterocycles. The molecule has 1 aromatic carbocycles. The fourth-order valence-corrected chi connectivity index (χ4v) is 2.02. The smallest absolute Gasteiger partial charge is 0.314 e. The van der Waals surface area contributed by atoms with Crippen LogP contribution in [0.5, 0.6) is 0 Å². The van der Waals surface area contributed by atoms with Crippen molar-refractivity contribution >= 4 is 16.9 Å². The molecule has 0 aliphatic carbocycles. The summed E-state index contributed by atoms with van der Waals surface area (Å²) < 4.78 is 6.80. The Morgan fingerprint density at radius 3 is 2.69 bits per heavy atom. The SMILES string of the molecule is COC(=O)C(C)c1cc2ccccc2n1C. The van der Waals surface area contributed by atoms with Crippen molar-refractivity contribution in [2.45, 2.75) is 12.8 Å². The Balaban J connectivity index is 2.53. The molecule has 3 heteroatoms. The number of rotatable bonds is 2. The number of carbonyl (C=O) groups is 1. The molecule has 0 amide bonds. The highest BCUT2D eigenvalue weighted by Gasteiger charge is 2.19. The van der Waals surface area contributed by atoms with E-state index in [2.05, 4.69) is 0 Å². The highest BCUT2D eigenvalue weighted by Crippen LogP contribution is 2.24. The normalized spacial score (nSPS) is 12.7. The van der Waals surface area contributed by atoms with Gasteiger partial charge in [0, 0.05) is 18.3 Å². The Morgan fingerprint density at radius 2 is 2.06 bits per heavy atom. The van der Waals surface area contributed by atoms with Crippen LogP contribution in [-0.2, 0) is 16.6 Å². The van der Waals surface area contributed by atoms with Gasteiger partial charge in [-0.1, -0.05) is 18.2 Å². The zero-order chi connectivity index (χ0) is 11.7. The third-order valence-corrected chi connectivity index (χ3v) is 2.99. The highest BCUT2D eigenvalue weighted by molar-refractivity contribution is 5.85. The zero-order valence-electron chi connectivity index (χ0n) is 9.73. The van der Waals surface area contributed by atoms with Crippen molar-refractivity contribution in [1.29, 1.82) is 0 Å². The van der Waals surface area contributed by atoms with Gasteiger partial charge in [0.15, 0.2) is 0 Å². The summed E-state index contributed by atoms with van der Waals surface area (Å²) in [5.74, 6) is -0.437. The van der Waals surface area contributed by atoms with Crippen LogP contribution in [0.3, 0.4) is 0 Å². The van der Waals surface area contributed by atoms with Crippen LogP contribution in [0.4, 0.5) is 0 Å². The molecule has 0 saturated carbocycles. The van der Waals surface area contributed by atoms with Crippen molar-refractivity contribution in [3.8, 4) is 0 Å². The van der Waals surface area contributed by atoms with E-state index in [-0.39, 0.29) is 11.9 Å². The van der Waals surface area contributed by atoms with Gasteiger partial charge in [0.25, 0.3) is 0 Å². The van der Waals surface area contributed by atoms with Gasteiger partial charge in [-0.25, -0.2) is 0 Å². The maximum atomic E-state index is 11.5. The maximum absolute atomic E-state index is 11.5. The van der Waals surface area contributed by atoms with E-state index in [0.717, 1.165) is 16.6 Å². The molecule has 0 N–H and O–H groups in total. The first-order valence-corrected chi connectivity index (χ1v) is 5.27. The Morgan fingerprint density at radius 1 is 1.38 bits per heavy atom. The summed E-state index contributed by atoms with van der Waals surface area (Å²) in [6.45, 7) is 1.86. The Bertz CT molecular complexity index is 528. The summed E-state index contributed by atoms with van der Waals surface area (Å²) in [6.07, 6.45) is 0. The van der Waals surface area contributed by atoms with Gasteiger partial charge in [-0.15, -0.1) is 0 Å². The summed E-state index contributed by atoms with van der Waals surface area (Å²) in [7, 11) is 3.39. The predicted octanol–water partition coefficient (Wildman–Crippen LogP) is 2.45. The van der Waals surface area contributed by atoms with Crippen LogP contribution in [0, 0.1) is 0 Å². The van der Waals surface area contributed by atoms with Gasteiger partial charge in [0.1, 0.15) is 0 Å². The molecule has 2 rings (SSSR count). The molecule has 0 spiro atoms. The van der Waals surface area contributed by atoms with Crippen molar-refractivity contribution < 1.29 is 9.53 Å². The molecule has 0 fully saturated rings. The number of methoxy groups -OCH3 is 1. The number of carbonyl (C=O) groups excluding carboxylic acids is 1. The summed E-state index contributed by atoms with van der Waals surface area (Å²) in [5, 5.41) is 1.15. The van der Waals surface area contributed by atoms with Crippen LogP contribution in [0.1, 0.15) is 18.5 Å². The average Bonchev–Trinajstić information content (AvgIpc) is 2.65. The second kappa shape index (κ2) is 4.00. The molecular weight excluding hydrogens is 202 g/mol. The van der Waals surface area contributed by atoms with Gasteiger partial charge >= 0.3 is 5.97 Å². The molecule has 3 nitrogen and oxygen atoms in total. The highest BCUT2D eigenvalue weighted by atomic mass is 16.5. The largest absolute Gasteiger partial charge is 0.469 e. The first kappa shape index (κ1) is 10.7. The fraction of sp³-hybridized carbons (Fsp3) is 0.308. The summed E-state index contributed by atoms with van der Waals surface area (Å²) in [5.41, 5.74) is 2.11. The van der Waals surface area contributed by atoms with Crippen LogP contribution in [-0.4, -0.2) is 17.6 Å². The van der Waals surface area contributed by atoms with Crippen molar-refractivity contribution in [3.05, 3.63) is 36.0 Å². The van der Waals surface area contributed by atoms with E-state index in [0.29, 0.717) is 0 Å². The van der Waals surface area contributed by atoms with E-state index >= 15 is 0 Å². The lowest BCUT2D eigenvalue weighted by atomic mass is 10.1. The van der Waals surface area contributed by atoms with Gasteiger partial charge in [-0.3, -0.25) is 4.79 Å². The molecule has 0 saturated heterocycles. The molecule has 0 aliphatic rings. The number of fused-ring (bicyclic) bond motifs is 1. The standard InChI is InChI=1S/C13H15NO2/c1-9(13(15)16-3)12-8-10-6-4-5-7-11(10)14(12)2/h4-9H,1-3H3. The van der Waals surface area contributed by atoms with Crippen molar-refractivity contribution in [3.63, 3.8) is 0 Å². The number of nitrogens with zero attached hydrogens (tertiary/aromatic N) is 1. The van der Waals surface area contributed by atoms with E-state index in [1.165, 1.54) is 7.11 Å². The molecule has 0 bridgehead atoms. The summed E-state index contributed by atoms with van der Waals surface area (Å²) in [4.78, 5) is 11.5. The summed E-state index contributed by atoms with van der Waals surface area (Å²) in [6, 6.07) is 10.1. The lowest BCUT2D eigenvalue weighted by Crippen LogP contribution is -2.13. The molecule has 1 aromatic heterocycles. The monoisotopic (exact) mass is 217 g/mol. The Hall–Kier alpha value is -1.77. The van der Waals surface area contributed by atoms with Crippen molar-refractivity contribution in [2.24, 2.45) is 7.05 Å². The minimum absolute atomic E-state index is 0.203. The molecule has 1 atom stereocenters. The molecular formula is C13H15NO2. The van der Waals surface area contributed by atoms with E-state index in [1.54, 1.807) is 0 Å². The number of aromatic nitrogens is 1. The van der Waals surface area contributed by atoms with Crippen LogP contribution in [0.25, 0.3) is 10.9 Å². The summed E-state index contributed by atoms with van der Waals surface area (Å²) >= 11 is 0. The van der Waals surface area contributed by atoms with Gasteiger partial charge in [0.2, 0.25) is 0 Å². The first-order chi connectivity index (χ1) is 7.65. The van der Waals surface area contributed by atoms with Gasteiger partial charge < -0.3 is 9.30 Å². The van der Waals surface area contributed by atoms with Crippen LogP contribution in [0.2, 0.25) is 0 Å². The Labute approximate surface area is 94.6 Å². The number of para-hydroxylation sites is 1. The lowest BCUT2D eigenvalue weighted by molar-refractivity contribution is -0.142. The van der Waals surface area contributed by atoms with Crippen LogP contribution in [0.15, 0.2) is 30.3 Å². The maximum Gasteiger partial charge on any atom is 0.314 e. The molecule has 0 aliphatic heterocycles. The molecule has 2 aromatic rings. The molecule has 16 heavy (non-hydrogen) atoms. The molecule has 0 radical (unpaired) electrons. The quantitative estimate of drug-likeness (QED) is 0.723. The number of hydrogen-bond acceptors (Lipinski definition) is 2. The van der Waals surface area contributed by atoms with E-state index in [9.17, 15) is 4.79 Å². The van der Waals surface area contributed by atoms with Gasteiger partial charge in [0.05, 0.1) is 13.0 Å².